The smallest absolute Gasteiger partial charge is 0.267 e. The van der Waals surface area contributed by atoms with E-state index in [4.69, 9.17) is 19.4 Å². The molecule has 2 N–H and O–H groups in total. The molecule has 6 nitrogen and oxygen atoms in total. The normalized spacial score (nSPS) is 10.7. The van der Waals surface area contributed by atoms with Gasteiger partial charge < -0.3 is 14.2 Å². The lowest BCUT2D eigenvalue weighted by Gasteiger charge is -2.12. The Balaban J connectivity index is 2.25. The Morgan fingerprint density at radius 3 is 2.56 bits per heavy atom. The number of carbonyl (C=O) groups is 1. The number of methoxy groups -OCH3 is 1. The van der Waals surface area contributed by atoms with Gasteiger partial charge in [0.15, 0.2) is 0 Å². The van der Waals surface area contributed by atoms with Crippen LogP contribution in [0.4, 0.5) is 4.39 Å². The first-order valence-electron chi connectivity index (χ1n) is 7.43. The van der Waals surface area contributed by atoms with Gasteiger partial charge in [-0.3, -0.25) is 10.0 Å². The molecule has 2 aromatic carbocycles. The van der Waals surface area contributed by atoms with E-state index in [2.05, 4.69) is 0 Å². The van der Waals surface area contributed by atoms with Crippen molar-refractivity contribution in [3.8, 4) is 17.2 Å². The SMILES string of the molecule is COCCOc1ccc(C=CC(=O)NO)c(Oc2ccc(F)cc2)c1. The topological polar surface area (TPSA) is 77.0 Å². The molecule has 132 valence electrons. The van der Waals surface area contributed by atoms with E-state index >= 15 is 0 Å². The van der Waals surface area contributed by atoms with Gasteiger partial charge in [-0.15, -0.1) is 0 Å². The second-order valence-electron chi connectivity index (χ2n) is 4.91. The molecule has 0 bridgehead atoms. The molecule has 0 aliphatic rings. The van der Waals surface area contributed by atoms with E-state index < -0.39 is 5.91 Å². The Kier molecular flexibility index (Phi) is 6.94. The molecule has 0 aromatic heterocycles. The monoisotopic (exact) mass is 347 g/mol. The van der Waals surface area contributed by atoms with Crippen LogP contribution in [0.15, 0.2) is 48.5 Å². The predicted octanol–water partition coefficient (Wildman–Crippen LogP) is 3.16. The molecule has 0 heterocycles. The maximum atomic E-state index is 13.0. The second kappa shape index (κ2) is 9.41. The summed E-state index contributed by atoms with van der Waals surface area (Å²) in [7, 11) is 1.58. The molecule has 1 amide bonds. The fraction of sp³-hybridized carbons (Fsp3) is 0.167. The van der Waals surface area contributed by atoms with Crippen molar-refractivity contribution in [2.45, 2.75) is 0 Å². The minimum atomic E-state index is -0.673. The van der Waals surface area contributed by atoms with Crippen LogP contribution in [0, 0.1) is 5.82 Å². The number of nitrogens with one attached hydrogen (secondary N) is 1. The maximum absolute atomic E-state index is 13.0. The van der Waals surface area contributed by atoms with Crippen molar-refractivity contribution in [2.24, 2.45) is 0 Å². The van der Waals surface area contributed by atoms with Crippen LogP contribution < -0.4 is 15.0 Å². The standard InChI is InChI=1S/C18H18FNO5/c1-23-10-11-24-16-6-2-13(3-9-18(21)20-22)17(12-16)25-15-7-4-14(19)5-8-15/h2-9,12,22H,10-11H2,1H3,(H,20,21). The first-order chi connectivity index (χ1) is 12.1. The molecule has 7 heteroatoms. The van der Waals surface area contributed by atoms with Crippen LogP contribution in [-0.4, -0.2) is 31.4 Å². The van der Waals surface area contributed by atoms with Gasteiger partial charge in [-0.05, 0) is 42.5 Å². The summed E-state index contributed by atoms with van der Waals surface area (Å²) in [5.41, 5.74) is 2.09. The fourth-order valence-electron chi connectivity index (χ4n) is 1.91. The van der Waals surface area contributed by atoms with Crippen molar-refractivity contribution in [2.75, 3.05) is 20.3 Å². The summed E-state index contributed by atoms with van der Waals surface area (Å²) in [6.07, 6.45) is 2.63. The molecule has 0 radical (unpaired) electrons. The van der Waals surface area contributed by atoms with Crippen molar-refractivity contribution in [3.05, 3.63) is 59.9 Å². The van der Waals surface area contributed by atoms with E-state index in [1.807, 2.05) is 0 Å². The first kappa shape index (κ1) is 18.4. The fourth-order valence-corrected chi connectivity index (χ4v) is 1.91. The molecule has 0 atom stereocenters. The van der Waals surface area contributed by atoms with E-state index in [9.17, 15) is 9.18 Å². The molecule has 0 aliphatic heterocycles. The van der Waals surface area contributed by atoms with E-state index in [-0.39, 0.29) is 5.82 Å². The van der Waals surface area contributed by atoms with Crippen LogP contribution in [0.3, 0.4) is 0 Å². The molecule has 0 saturated carbocycles. The third kappa shape index (κ3) is 5.91. The molecule has 0 aliphatic carbocycles. The average molecular weight is 347 g/mol. The zero-order valence-electron chi connectivity index (χ0n) is 13.6. The first-order valence-corrected chi connectivity index (χ1v) is 7.43. The quantitative estimate of drug-likeness (QED) is 0.332. The van der Waals surface area contributed by atoms with Gasteiger partial charge in [0.1, 0.15) is 29.7 Å². The molecular weight excluding hydrogens is 329 g/mol. The third-order valence-corrected chi connectivity index (χ3v) is 3.11. The highest BCUT2D eigenvalue weighted by Crippen LogP contribution is 2.30. The van der Waals surface area contributed by atoms with Crippen LogP contribution in [0.25, 0.3) is 6.08 Å². The van der Waals surface area contributed by atoms with E-state index in [1.165, 1.54) is 35.8 Å². The number of hydrogen-bond acceptors (Lipinski definition) is 5. The lowest BCUT2D eigenvalue weighted by atomic mass is 10.1. The molecule has 0 fully saturated rings. The van der Waals surface area contributed by atoms with E-state index in [0.29, 0.717) is 36.0 Å². The molecule has 25 heavy (non-hydrogen) atoms. The number of hydroxylamine groups is 1. The van der Waals surface area contributed by atoms with Gasteiger partial charge in [-0.2, -0.15) is 0 Å². The van der Waals surface area contributed by atoms with E-state index in [0.717, 1.165) is 6.08 Å². The Hall–Kier alpha value is -2.90. The van der Waals surface area contributed by atoms with Crippen molar-refractivity contribution in [3.63, 3.8) is 0 Å². The lowest BCUT2D eigenvalue weighted by Crippen LogP contribution is -2.14. The van der Waals surface area contributed by atoms with Gasteiger partial charge in [-0.1, -0.05) is 0 Å². The summed E-state index contributed by atoms with van der Waals surface area (Å²) in [6.45, 7) is 0.807. The van der Waals surface area contributed by atoms with Crippen LogP contribution in [0.1, 0.15) is 5.56 Å². The van der Waals surface area contributed by atoms with Crippen LogP contribution >= 0.6 is 0 Å². The Morgan fingerprint density at radius 2 is 1.88 bits per heavy atom. The van der Waals surface area contributed by atoms with Gasteiger partial charge in [-0.25, -0.2) is 9.87 Å². The second-order valence-corrected chi connectivity index (χ2v) is 4.91. The maximum Gasteiger partial charge on any atom is 0.267 e. The summed E-state index contributed by atoms with van der Waals surface area (Å²) in [5, 5.41) is 8.56. The third-order valence-electron chi connectivity index (χ3n) is 3.11. The summed E-state index contributed by atoms with van der Waals surface area (Å²) >= 11 is 0. The summed E-state index contributed by atoms with van der Waals surface area (Å²) in [6, 6.07) is 10.6. The number of rotatable bonds is 8. The van der Waals surface area contributed by atoms with Crippen LogP contribution in [-0.2, 0) is 9.53 Å². The zero-order chi connectivity index (χ0) is 18.1. The van der Waals surface area contributed by atoms with E-state index in [1.54, 1.807) is 25.3 Å². The summed E-state index contributed by atoms with van der Waals surface area (Å²) in [4.78, 5) is 11.2. The summed E-state index contributed by atoms with van der Waals surface area (Å²) in [5.74, 6) is 0.343. The Morgan fingerprint density at radius 1 is 1.16 bits per heavy atom. The lowest BCUT2D eigenvalue weighted by molar-refractivity contribution is -0.124. The van der Waals surface area contributed by atoms with Crippen molar-refractivity contribution >= 4 is 12.0 Å². The number of carbonyl (C=O) groups excluding carboxylic acids is 1. The predicted molar refractivity (Wildman–Crippen MR) is 89.3 cm³/mol. The zero-order valence-corrected chi connectivity index (χ0v) is 13.6. The minimum Gasteiger partial charge on any atom is -0.491 e. The van der Waals surface area contributed by atoms with Crippen molar-refractivity contribution in [1.29, 1.82) is 0 Å². The van der Waals surface area contributed by atoms with Gasteiger partial charge in [0.05, 0.1) is 6.61 Å². The van der Waals surface area contributed by atoms with Gasteiger partial charge in [0, 0.05) is 24.8 Å². The van der Waals surface area contributed by atoms with Crippen molar-refractivity contribution in [1.82, 2.24) is 5.48 Å². The largest absolute Gasteiger partial charge is 0.491 e. The average Bonchev–Trinajstić information content (AvgIpc) is 2.63. The molecule has 0 saturated heterocycles. The van der Waals surface area contributed by atoms with Gasteiger partial charge in [0.2, 0.25) is 0 Å². The molecular formula is C18H18FNO5. The Bertz CT molecular complexity index is 731. The minimum absolute atomic E-state index is 0.370. The summed E-state index contributed by atoms with van der Waals surface area (Å²) < 4.78 is 29.2. The van der Waals surface area contributed by atoms with Crippen molar-refractivity contribution < 1.29 is 28.6 Å². The molecule has 0 unspecified atom stereocenters. The highest BCUT2D eigenvalue weighted by molar-refractivity contribution is 5.91. The van der Waals surface area contributed by atoms with Crippen LogP contribution in [0.5, 0.6) is 17.2 Å². The number of amides is 1. The number of benzene rings is 2. The molecule has 2 aromatic rings. The van der Waals surface area contributed by atoms with Gasteiger partial charge in [0.25, 0.3) is 5.91 Å². The van der Waals surface area contributed by atoms with Crippen LogP contribution in [0.2, 0.25) is 0 Å². The number of ether oxygens (including phenoxy) is 3. The number of hydrogen-bond donors (Lipinski definition) is 2. The highest BCUT2D eigenvalue weighted by atomic mass is 19.1. The highest BCUT2D eigenvalue weighted by Gasteiger charge is 2.07. The Labute approximate surface area is 144 Å². The molecule has 0 spiro atoms. The molecule has 2 rings (SSSR count). The van der Waals surface area contributed by atoms with Gasteiger partial charge >= 0.3 is 0 Å². The number of halogens is 1.